The maximum Gasteiger partial charge on any atom is 0.573 e. The number of nitriles is 1. The number of rotatable bonds is 5. The van der Waals surface area contributed by atoms with E-state index in [9.17, 15) is 13.2 Å². The number of alkyl halides is 3. The van der Waals surface area contributed by atoms with Gasteiger partial charge in [-0.25, -0.2) is 0 Å². The maximum atomic E-state index is 12.2. The standard InChI is InChI=1S/C12H13F3N2O/c1-2-7-17-10(8-16)9-5-3-4-6-11(9)18-12(13,14)15/h3-6,10,17H,2,7H2,1H3. The third kappa shape index (κ3) is 4.26. The highest BCUT2D eigenvalue weighted by Crippen LogP contribution is 2.29. The van der Waals surface area contributed by atoms with E-state index in [1.165, 1.54) is 18.2 Å². The Hall–Kier alpha value is -1.74. The quantitative estimate of drug-likeness (QED) is 0.882. The Kier molecular flexibility index (Phi) is 4.98. The molecule has 1 N–H and O–H groups in total. The summed E-state index contributed by atoms with van der Waals surface area (Å²) < 4.78 is 40.6. The molecule has 1 atom stereocenters. The Labute approximate surface area is 103 Å². The molecule has 3 nitrogen and oxygen atoms in total. The highest BCUT2D eigenvalue weighted by atomic mass is 19.4. The van der Waals surface area contributed by atoms with Crippen LogP contribution in [0, 0.1) is 11.3 Å². The topological polar surface area (TPSA) is 45.0 Å². The molecule has 0 aromatic heterocycles. The predicted octanol–water partition coefficient (Wildman–Crippen LogP) is 3.15. The first-order chi connectivity index (χ1) is 8.48. The van der Waals surface area contributed by atoms with Crippen LogP contribution in [-0.4, -0.2) is 12.9 Å². The average Bonchev–Trinajstić information content (AvgIpc) is 2.30. The van der Waals surface area contributed by atoms with Gasteiger partial charge in [-0.1, -0.05) is 25.1 Å². The molecule has 1 unspecified atom stereocenters. The predicted molar refractivity (Wildman–Crippen MR) is 59.8 cm³/mol. The van der Waals surface area contributed by atoms with E-state index in [1.54, 1.807) is 6.07 Å². The molecule has 0 aliphatic heterocycles. The Morgan fingerprint density at radius 1 is 1.39 bits per heavy atom. The summed E-state index contributed by atoms with van der Waals surface area (Å²) in [6.07, 6.45) is -3.98. The van der Waals surface area contributed by atoms with Gasteiger partial charge in [0, 0.05) is 5.56 Å². The van der Waals surface area contributed by atoms with Crippen molar-refractivity contribution in [3.63, 3.8) is 0 Å². The summed E-state index contributed by atoms with van der Waals surface area (Å²) in [5, 5.41) is 11.8. The minimum absolute atomic E-state index is 0.186. The number of hydrogen-bond acceptors (Lipinski definition) is 3. The summed E-state index contributed by atoms with van der Waals surface area (Å²) in [5.74, 6) is -0.347. The summed E-state index contributed by atoms with van der Waals surface area (Å²) in [7, 11) is 0. The van der Waals surface area contributed by atoms with Gasteiger partial charge in [0.25, 0.3) is 0 Å². The number of para-hydroxylation sites is 1. The van der Waals surface area contributed by atoms with Gasteiger partial charge in [-0.05, 0) is 19.0 Å². The van der Waals surface area contributed by atoms with Crippen LogP contribution in [0.1, 0.15) is 24.9 Å². The van der Waals surface area contributed by atoms with Gasteiger partial charge in [0.2, 0.25) is 0 Å². The molecule has 18 heavy (non-hydrogen) atoms. The van der Waals surface area contributed by atoms with E-state index in [-0.39, 0.29) is 11.3 Å². The van der Waals surface area contributed by atoms with Crippen molar-refractivity contribution in [2.45, 2.75) is 25.7 Å². The van der Waals surface area contributed by atoms with E-state index >= 15 is 0 Å². The lowest BCUT2D eigenvalue weighted by atomic mass is 10.1. The van der Waals surface area contributed by atoms with Gasteiger partial charge < -0.3 is 4.74 Å². The minimum Gasteiger partial charge on any atom is -0.405 e. The highest BCUT2D eigenvalue weighted by molar-refractivity contribution is 5.38. The number of halogens is 3. The van der Waals surface area contributed by atoms with Crippen LogP contribution in [0.15, 0.2) is 24.3 Å². The molecule has 0 fully saturated rings. The first kappa shape index (κ1) is 14.3. The van der Waals surface area contributed by atoms with Gasteiger partial charge in [0.1, 0.15) is 11.8 Å². The normalized spacial score (nSPS) is 12.8. The molecule has 0 heterocycles. The molecule has 0 aliphatic carbocycles. The molecule has 0 saturated carbocycles. The Morgan fingerprint density at radius 2 is 2.06 bits per heavy atom. The zero-order chi connectivity index (χ0) is 13.6. The first-order valence-corrected chi connectivity index (χ1v) is 5.45. The fraction of sp³-hybridized carbons (Fsp3) is 0.417. The number of ether oxygens (including phenoxy) is 1. The van der Waals surface area contributed by atoms with Crippen LogP contribution in [-0.2, 0) is 0 Å². The van der Waals surface area contributed by atoms with Crippen molar-refractivity contribution < 1.29 is 17.9 Å². The molecule has 0 bridgehead atoms. The first-order valence-electron chi connectivity index (χ1n) is 5.45. The summed E-state index contributed by atoms with van der Waals surface area (Å²) in [4.78, 5) is 0. The molecule has 0 saturated heterocycles. The lowest BCUT2D eigenvalue weighted by molar-refractivity contribution is -0.274. The van der Waals surface area contributed by atoms with E-state index in [1.807, 2.05) is 13.0 Å². The van der Waals surface area contributed by atoms with Crippen LogP contribution in [0.2, 0.25) is 0 Å². The molecule has 6 heteroatoms. The van der Waals surface area contributed by atoms with Crippen molar-refractivity contribution in [3.05, 3.63) is 29.8 Å². The average molecular weight is 258 g/mol. The second kappa shape index (κ2) is 6.26. The molecular formula is C12H13F3N2O. The van der Waals surface area contributed by atoms with Crippen molar-refractivity contribution >= 4 is 0 Å². The summed E-state index contributed by atoms with van der Waals surface area (Å²) in [6.45, 7) is 2.44. The molecule has 1 aromatic carbocycles. The third-order valence-corrected chi connectivity index (χ3v) is 2.18. The van der Waals surface area contributed by atoms with Gasteiger partial charge >= 0.3 is 6.36 Å². The Bertz CT molecular complexity index is 426. The fourth-order valence-electron chi connectivity index (χ4n) is 1.45. The lowest BCUT2D eigenvalue weighted by Gasteiger charge is -2.17. The van der Waals surface area contributed by atoms with Crippen LogP contribution >= 0.6 is 0 Å². The highest BCUT2D eigenvalue weighted by Gasteiger charge is 2.32. The van der Waals surface area contributed by atoms with Crippen molar-refractivity contribution in [1.29, 1.82) is 5.26 Å². The zero-order valence-corrected chi connectivity index (χ0v) is 9.79. The third-order valence-electron chi connectivity index (χ3n) is 2.18. The number of nitrogens with one attached hydrogen (secondary N) is 1. The van der Waals surface area contributed by atoms with Gasteiger partial charge in [-0.3, -0.25) is 5.32 Å². The summed E-state index contributed by atoms with van der Waals surface area (Å²) >= 11 is 0. The largest absolute Gasteiger partial charge is 0.573 e. The van der Waals surface area contributed by atoms with Crippen molar-refractivity contribution in [2.75, 3.05) is 6.54 Å². The van der Waals surface area contributed by atoms with E-state index < -0.39 is 12.4 Å². The summed E-state index contributed by atoms with van der Waals surface area (Å²) in [5.41, 5.74) is 0.186. The van der Waals surface area contributed by atoms with Crippen LogP contribution < -0.4 is 10.1 Å². The van der Waals surface area contributed by atoms with Crippen molar-refractivity contribution in [3.8, 4) is 11.8 Å². The second-order valence-electron chi connectivity index (χ2n) is 3.60. The van der Waals surface area contributed by atoms with Crippen LogP contribution in [0.25, 0.3) is 0 Å². The van der Waals surface area contributed by atoms with E-state index in [0.717, 1.165) is 6.42 Å². The van der Waals surface area contributed by atoms with Gasteiger partial charge in [0.15, 0.2) is 0 Å². The van der Waals surface area contributed by atoms with E-state index in [4.69, 9.17) is 5.26 Å². The summed E-state index contributed by atoms with van der Waals surface area (Å²) in [6, 6.07) is 6.74. The van der Waals surface area contributed by atoms with Crippen LogP contribution in [0.4, 0.5) is 13.2 Å². The Balaban J connectivity index is 2.96. The minimum atomic E-state index is -4.76. The zero-order valence-electron chi connectivity index (χ0n) is 9.79. The lowest BCUT2D eigenvalue weighted by Crippen LogP contribution is -2.23. The monoisotopic (exact) mass is 258 g/mol. The fourth-order valence-corrected chi connectivity index (χ4v) is 1.45. The maximum absolute atomic E-state index is 12.2. The van der Waals surface area contributed by atoms with Crippen molar-refractivity contribution in [2.24, 2.45) is 0 Å². The molecule has 0 spiro atoms. The molecule has 0 radical (unpaired) electrons. The molecule has 1 rings (SSSR count). The smallest absolute Gasteiger partial charge is 0.405 e. The van der Waals surface area contributed by atoms with E-state index in [0.29, 0.717) is 6.54 Å². The van der Waals surface area contributed by atoms with Crippen LogP contribution in [0.3, 0.4) is 0 Å². The van der Waals surface area contributed by atoms with Crippen LogP contribution in [0.5, 0.6) is 5.75 Å². The van der Waals surface area contributed by atoms with Crippen molar-refractivity contribution in [1.82, 2.24) is 5.32 Å². The SMILES string of the molecule is CCCNC(C#N)c1ccccc1OC(F)(F)F. The van der Waals surface area contributed by atoms with Gasteiger partial charge in [-0.2, -0.15) is 5.26 Å². The Morgan fingerprint density at radius 3 is 2.61 bits per heavy atom. The number of nitrogens with zero attached hydrogens (tertiary/aromatic N) is 1. The molecule has 1 aromatic rings. The molecular weight excluding hydrogens is 245 g/mol. The van der Waals surface area contributed by atoms with E-state index in [2.05, 4.69) is 10.1 Å². The number of benzene rings is 1. The molecule has 0 aliphatic rings. The van der Waals surface area contributed by atoms with Gasteiger partial charge in [-0.15, -0.1) is 13.2 Å². The molecule has 98 valence electrons. The number of hydrogen-bond donors (Lipinski definition) is 1. The van der Waals surface area contributed by atoms with Gasteiger partial charge in [0.05, 0.1) is 6.07 Å². The second-order valence-corrected chi connectivity index (χ2v) is 3.60. The molecule has 0 amide bonds.